The van der Waals surface area contributed by atoms with Crippen LogP contribution >= 0.6 is 11.3 Å². The van der Waals surface area contributed by atoms with E-state index in [0.29, 0.717) is 22.8 Å². The average molecular weight is 420 g/mol. The maximum absolute atomic E-state index is 13.3. The van der Waals surface area contributed by atoms with E-state index in [-0.39, 0.29) is 24.1 Å². The van der Waals surface area contributed by atoms with Gasteiger partial charge < -0.3 is 14.8 Å². The second-order valence-corrected chi connectivity index (χ2v) is 7.55. The number of thiophene rings is 1. The van der Waals surface area contributed by atoms with Crippen molar-refractivity contribution in [2.24, 2.45) is 0 Å². The third-order valence-electron chi connectivity index (χ3n) is 4.79. The van der Waals surface area contributed by atoms with Gasteiger partial charge in [-0.25, -0.2) is 0 Å². The quantitative estimate of drug-likeness (QED) is 0.582. The van der Waals surface area contributed by atoms with E-state index in [1.54, 1.807) is 25.3 Å². The summed E-state index contributed by atoms with van der Waals surface area (Å²) in [6, 6.07) is 18.4. The Labute approximate surface area is 178 Å². The topological polar surface area (TPSA) is 67.9 Å². The number of nitrogens with one attached hydrogen (secondary N) is 1. The Balaban J connectivity index is 1.73. The Morgan fingerprint density at radius 1 is 0.933 bits per heavy atom. The predicted octanol–water partition coefficient (Wildman–Crippen LogP) is 4.16. The third kappa shape index (κ3) is 3.67. The number of methoxy groups -OCH3 is 2. The van der Waals surface area contributed by atoms with Gasteiger partial charge in [-0.05, 0) is 29.1 Å². The summed E-state index contributed by atoms with van der Waals surface area (Å²) >= 11 is 1.42. The molecule has 2 heterocycles. The number of carbonyl (C=O) groups is 2. The molecule has 1 N–H and O–H groups in total. The number of anilines is 1. The summed E-state index contributed by atoms with van der Waals surface area (Å²) in [5.41, 5.74) is 2.06. The molecule has 0 saturated heterocycles. The van der Waals surface area contributed by atoms with E-state index in [9.17, 15) is 9.59 Å². The first kappa shape index (κ1) is 19.7. The number of benzene rings is 2. The monoisotopic (exact) mass is 420 g/mol. The maximum Gasteiger partial charge on any atom is 0.278 e. The molecule has 0 radical (unpaired) electrons. The van der Waals surface area contributed by atoms with E-state index in [4.69, 9.17) is 9.47 Å². The minimum absolute atomic E-state index is 0.207. The molecule has 0 bridgehead atoms. The summed E-state index contributed by atoms with van der Waals surface area (Å²) in [6.45, 7) is 0.207. The summed E-state index contributed by atoms with van der Waals surface area (Å²) in [6.07, 6.45) is 0. The van der Waals surface area contributed by atoms with E-state index >= 15 is 0 Å². The number of carbonyl (C=O) groups excluding carboxylic acids is 2. The van der Waals surface area contributed by atoms with Gasteiger partial charge in [-0.3, -0.25) is 14.5 Å². The largest absolute Gasteiger partial charge is 0.497 e. The zero-order valence-electron chi connectivity index (χ0n) is 16.5. The molecule has 0 aliphatic carbocycles. The number of rotatable bonds is 7. The summed E-state index contributed by atoms with van der Waals surface area (Å²) < 4.78 is 10.7. The Hall–Kier alpha value is -3.58. The van der Waals surface area contributed by atoms with Crippen molar-refractivity contribution < 1.29 is 19.1 Å². The van der Waals surface area contributed by atoms with Gasteiger partial charge in [0.1, 0.15) is 17.2 Å². The lowest BCUT2D eigenvalue weighted by atomic mass is 10.1. The number of hydrogen-bond acceptors (Lipinski definition) is 6. The minimum Gasteiger partial charge on any atom is -0.497 e. The lowest BCUT2D eigenvalue weighted by Gasteiger charge is -2.16. The summed E-state index contributed by atoms with van der Waals surface area (Å²) in [5, 5.41) is 5.02. The molecular formula is C23H20N2O4S. The first-order chi connectivity index (χ1) is 14.6. The molecule has 6 nitrogen and oxygen atoms in total. The fourth-order valence-corrected chi connectivity index (χ4v) is 4.06. The van der Waals surface area contributed by atoms with Crippen LogP contribution in [0.25, 0.3) is 5.57 Å². The predicted molar refractivity (Wildman–Crippen MR) is 116 cm³/mol. The van der Waals surface area contributed by atoms with Crippen LogP contribution in [0.2, 0.25) is 0 Å². The van der Waals surface area contributed by atoms with E-state index in [2.05, 4.69) is 5.32 Å². The fourth-order valence-electron chi connectivity index (χ4n) is 3.29. The highest BCUT2D eigenvalue weighted by Gasteiger charge is 2.39. The van der Waals surface area contributed by atoms with Crippen molar-refractivity contribution in [2.75, 3.05) is 19.5 Å². The molecule has 0 atom stereocenters. The van der Waals surface area contributed by atoms with Crippen molar-refractivity contribution in [3.8, 4) is 11.5 Å². The van der Waals surface area contributed by atoms with E-state index in [1.165, 1.54) is 23.3 Å². The van der Waals surface area contributed by atoms with Gasteiger partial charge in [-0.15, -0.1) is 11.3 Å². The SMILES string of the molecule is COc1ccc(NC2=C(c3cccs3)C(=O)N(Cc3ccccc3)C2=O)c(OC)c1. The van der Waals surface area contributed by atoms with Crippen LogP contribution in [0.5, 0.6) is 11.5 Å². The van der Waals surface area contributed by atoms with E-state index in [0.717, 1.165) is 10.4 Å². The van der Waals surface area contributed by atoms with Gasteiger partial charge >= 0.3 is 0 Å². The van der Waals surface area contributed by atoms with E-state index < -0.39 is 0 Å². The fraction of sp³-hybridized carbons (Fsp3) is 0.130. The van der Waals surface area contributed by atoms with Crippen LogP contribution in [0, 0.1) is 0 Å². The molecule has 0 saturated carbocycles. The number of nitrogens with zero attached hydrogens (tertiary/aromatic N) is 1. The summed E-state index contributed by atoms with van der Waals surface area (Å²) in [4.78, 5) is 28.5. The molecule has 4 rings (SSSR count). The second kappa shape index (κ2) is 8.42. The van der Waals surface area contributed by atoms with Crippen LogP contribution in [0.1, 0.15) is 10.4 Å². The Kier molecular flexibility index (Phi) is 5.54. The van der Waals surface area contributed by atoms with Gasteiger partial charge in [-0.1, -0.05) is 36.4 Å². The number of amides is 2. The van der Waals surface area contributed by atoms with Gasteiger partial charge in [0.05, 0.1) is 32.0 Å². The van der Waals surface area contributed by atoms with Gasteiger partial charge in [0.15, 0.2) is 0 Å². The molecule has 7 heteroatoms. The maximum atomic E-state index is 13.3. The van der Waals surface area contributed by atoms with Crippen LogP contribution in [0.3, 0.4) is 0 Å². The highest BCUT2D eigenvalue weighted by molar-refractivity contribution is 7.11. The highest BCUT2D eigenvalue weighted by Crippen LogP contribution is 2.36. The smallest absolute Gasteiger partial charge is 0.278 e. The molecule has 152 valence electrons. The van der Waals surface area contributed by atoms with Crippen molar-refractivity contribution in [1.29, 1.82) is 0 Å². The van der Waals surface area contributed by atoms with E-state index in [1.807, 2.05) is 47.8 Å². The van der Waals surface area contributed by atoms with Crippen molar-refractivity contribution in [3.63, 3.8) is 0 Å². The summed E-state index contributed by atoms with van der Waals surface area (Å²) in [7, 11) is 3.11. The van der Waals surface area contributed by atoms with Crippen molar-refractivity contribution in [2.45, 2.75) is 6.54 Å². The van der Waals surface area contributed by atoms with Gasteiger partial charge in [0.25, 0.3) is 11.8 Å². The first-order valence-electron chi connectivity index (χ1n) is 9.29. The van der Waals surface area contributed by atoms with Crippen molar-refractivity contribution in [3.05, 3.63) is 82.2 Å². The molecule has 0 unspecified atom stereocenters. The number of hydrogen-bond donors (Lipinski definition) is 1. The molecule has 30 heavy (non-hydrogen) atoms. The standard InChI is InChI=1S/C23H20N2O4S/c1-28-16-10-11-17(18(13-16)29-2)24-21-20(19-9-6-12-30-19)22(26)25(23(21)27)14-15-7-4-3-5-8-15/h3-13,24H,14H2,1-2H3. The molecule has 2 aromatic carbocycles. The molecule has 1 aromatic heterocycles. The van der Waals surface area contributed by atoms with Crippen LogP contribution < -0.4 is 14.8 Å². The Bertz CT molecular complexity index is 1110. The second-order valence-electron chi connectivity index (χ2n) is 6.60. The number of imide groups is 1. The lowest BCUT2D eigenvalue weighted by molar-refractivity contribution is -0.137. The van der Waals surface area contributed by atoms with Crippen molar-refractivity contribution >= 4 is 34.4 Å². The minimum atomic E-state index is -0.370. The zero-order chi connectivity index (χ0) is 21.1. The van der Waals surface area contributed by atoms with Crippen LogP contribution in [-0.2, 0) is 16.1 Å². The molecular weight excluding hydrogens is 400 g/mol. The average Bonchev–Trinajstić information content (AvgIpc) is 3.38. The molecule has 0 spiro atoms. The Morgan fingerprint density at radius 2 is 1.73 bits per heavy atom. The van der Waals surface area contributed by atoms with Gasteiger partial charge in [0, 0.05) is 10.9 Å². The summed E-state index contributed by atoms with van der Waals surface area (Å²) in [5.74, 6) is 0.449. The van der Waals surface area contributed by atoms with Gasteiger partial charge in [-0.2, -0.15) is 0 Å². The van der Waals surface area contributed by atoms with Crippen LogP contribution in [0.4, 0.5) is 5.69 Å². The third-order valence-corrected chi connectivity index (χ3v) is 5.67. The molecule has 1 aliphatic heterocycles. The van der Waals surface area contributed by atoms with Crippen molar-refractivity contribution in [1.82, 2.24) is 4.90 Å². The Morgan fingerprint density at radius 3 is 2.40 bits per heavy atom. The molecule has 2 amide bonds. The van der Waals surface area contributed by atoms with Crippen LogP contribution in [0.15, 0.2) is 71.7 Å². The van der Waals surface area contributed by atoms with Gasteiger partial charge in [0.2, 0.25) is 0 Å². The normalized spacial score (nSPS) is 13.7. The highest BCUT2D eigenvalue weighted by atomic mass is 32.1. The first-order valence-corrected chi connectivity index (χ1v) is 10.2. The molecule has 1 aliphatic rings. The lowest BCUT2D eigenvalue weighted by Crippen LogP contribution is -2.31. The molecule has 0 fully saturated rings. The van der Waals surface area contributed by atoms with Crippen LogP contribution in [-0.4, -0.2) is 30.9 Å². The number of ether oxygens (including phenoxy) is 2. The zero-order valence-corrected chi connectivity index (χ0v) is 17.4. The molecule has 3 aromatic rings.